The van der Waals surface area contributed by atoms with Crippen LogP contribution in [0.15, 0.2) is 28.2 Å². The van der Waals surface area contributed by atoms with Crippen LogP contribution in [0.25, 0.3) is 0 Å². The summed E-state index contributed by atoms with van der Waals surface area (Å²) in [5.41, 5.74) is 0.392. The summed E-state index contributed by atoms with van der Waals surface area (Å²) in [6.07, 6.45) is 0. The molecule has 118 valence electrons. The van der Waals surface area contributed by atoms with Gasteiger partial charge in [0.05, 0.1) is 18.9 Å². The van der Waals surface area contributed by atoms with Crippen LogP contribution in [0.2, 0.25) is 5.02 Å². The maximum atomic E-state index is 12.7. The Morgan fingerprint density at radius 2 is 2.00 bits per heavy atom. The number of carbonyl (C=O) groups excluding carboxylic acids is 1. The fourth-order valence-corrected chi connectivity index (χ4v) is 4.17. The normalized spacial score (nSPS) is 20.4. The number of fused-ring (bicyclic) bond motifs is 1. The zero-order chi connectivity index (χ0) is 15.9. The van der Waals surface area contributed by atoms with Gasteiger partial charge in [0.1, 0.15) is 4.90 Å². The van der Waals surface area contributed by atoms with E-state index in [-0.39, 0.29) is 9.92 Å². The zero-order valence-electron chi connectivity index (χ0n) is 11.8. The molecule has 1 saturated heterocycles. The van der Waals surface area contributed by atoms with Gasteiger partial charge in [-0.25, -0.2) is 8.42 Å². The molecule has 1 amide bonds. The highest BCUT2D eigenvalue weighted by molar-refractivity contribution is 8.08. The van der Waals surface area contributed by atoms with E-state index in [1.807, 2.05) is 0 Å². The van der Waals surface area contributed by atoms with Crippen molar-refractivity contribution in [1.82, 2.24) is 4.90 Å². The minimum Gasteiger partial charge on any atom is -0.378 e. The first-order valence-electron chi connectivity index (χ1n) is 6.65. The Kier molecular flexibility index (Phi) is 3.84. The van der Waals surface area contributed by atoms with E-state index in [0.29, 0.717) is 32.0 Å². The van der Waals surface area contributed by atoms with E-state index in [2.05, 4.69) is 5.10 Å². The molecule has 22 heavy (non-hydrogen) atoms. The number of carbonyl (C=O) groups is 1. The fraction of sp³-hybridized carbons (Fsp3) is 0.385. The minimum atomic E-state index is -3.99. The van der Waals surface area contributed by atoms with E-state index in [1.54, 1.807) is 19.2 Å². The second-order valence-electron chi connectivity index (χ2n) is 4.95. The summed E-state index contributed by atoms with van der Waals surface area (Å²) in [5, 5.41) is 5.15. The molecular weight excluding hydrogens is 330 g/mol. The molecule has 1 fully saturated rings. The molecule has 0 saturated carbocycles. The highest BCUT2D eigenvalue weighted by Gasteiger charge is 2.39. The van der Waals surface area contributed by atoms with E-state index in [4.69, 9.17) is 16.3 Å². The largest absolute Gasteiger partial charge is 0.378 e. The van der Waals surface area contributed by atoms with Crippen LogP contribution in [0.1, 0.15) is 0 Å². The predicted octanol–water partition coefficient (Wildman–Crippen LogP) is 0.736. The average Bonchev–Trinajstić information content (AvgIpc) is 2.51. The summed E-state index contributed by atoms with van der Waals surface area (Å²) in [7, 11) is -2.40. The summed E-state index contributed by atoms with van der Waals surface area (Å²) in [5.74, 6) is -0.610. The first-order valence-corrected chi connectivity index (χ1v) is 8.51. The van der Waals surface area contributed by atoms with Crippen LogP contribution in [0, 0.1) is 0 Å². The second-order valence-corrected chi connectivity index (χ2v) is 7.22. The molecule has 0 N–H and O–H groups in total. The molecule has 7 nitrogen and oxygen atoms in total. The van der Waals surface area contributed by atoms with Gasteiger partial charge in [0.15, 0.2) is 0 Å². The summed E-state index contributed by atoms with van der Waals surface area (Å²) in [6, 6.07) is 4.48. The van der Waals surface area contributed by atoms with Crippen LogP contribution in [0.4, 0.5) is 5.69 Å². The third-order valence-electron chi connectivity index (χ3n) is 3.54. The molecule has 0 atom stereocenters. The van der Waals surface area contributed by atoms with Gasteiger partial charge in [0.2, 0.25) is 14.9 Å². The molecule has 2 aliphatic heterocycles. The van der Waals surface area contributed by atoms with Crippen molar-refractivity contribution in [3.63, 3.8) is 0 Å². The Bertz CT molecular complexity index is 757. The Labute approximate surface area is 133 Å². The van der Waals surface area contributed by atoms with Gasteiger partial charge in [-0.1, -0.05) is 11.6 Å². The lowest BCUT2D eigenvalue weighted by molar-refractivity contribution is -0.127. The Hall–Kier alpha value is -1.64. The third-order valence-corrected chi connectivity index (χ3v) is 5.44. The molecule has 0 spiro atoms. The van der Waals surface area contributed by atoms with E-state index < -0.39 is 20.8 Å². The molecule has 0 bridgehead atoms. The van der Waals surface area contributed by atoms with Crippen molar-refractivity contribution in [2.75, 3.05) is 38.4 Å². The smallest absolute Gasteiger partial charge is 0.286 e. The lowest BCUT2D eigenvalue weighted by Crippen LogP contribution is -2.47. The van der Waals surface area contributed by atoms with E-state index >= 15 is 0 Å². The number of halogens is 1. The average molecular weight is 344 g/mol. The number of hydrogen-bond acceptors (Lipinski definition) is 6. The minimum absolute atomic E-state index is 0.00545. The number of nitrogens with zero attached hydrogens (tertiary/aromatic N) is 3. The predicted molar refractivity (Wildman–Crippen MR) is 81.9 cm³/mol. The van der Waals surface area contributed by atoms with Crippen molar-refractivity contribution in [3.05, 3.63) is 23.2 Å². The number of ether oxygens (including phenoxy) is 1. The molecule has 1 aromatic rings. The second kappa shape index (κ2) is 5.53. The summed E-state index contributed by atoms with van der Waals surface area (Å²) >= 11 is 5.89. The van der Waals surface area contributed by atoms with Gasteiger partial charge in [0.25, 0.3) is 5.91 Å². The number of hydrogen-bond donors (Lipinski definition) is 0. The first-order chi connectivity index (χ1) is 10.4. The zero-order valence-corrected chi connectivity index (χ0v) is 13.4. The van der Waals surface area contributed by atoms with Crippen molar-refractivity contribution in [2.45, 2.75) is 4.90 Å². The van der Waals surface area contributed by atoms with Crippen molar-refractivity contribution in [2.24, 2.45) is 5.10 Å². The standard InChI is InChI=1S/C13H14ClN3O4S/c1-16-10-3-2-9(14)8-11(10)22(19,20)12(15-16)13(18)17-4-6-21-7-5-17/h2-3,8H,4-7H2,1H3. The molecule has 0 radical (unpaired) electrons. The highest BCUT2D eigenvalue weighted by Crippen LogP contribution is 2.33. The van der Waals surface area contributed by atoms with Crippen molar-refractivity contribution in [1.29, 1.82) is 0 Å². The van der Waals surface area contributed by atoms with Gasteiger partial charge >= 0.3 is 0 Å². The molecule has 1 aromatic carbocycles. The SMILES string of the molecule is CN1N=C(C(=O)N2CCOCC2)S(=O)(=O)c2cc(Cl)ccc21. The Balaban J connectivity index is 2.04. The lowest BCUT2D eigenvalue weighted by Gasteiger charge is -2.29. The Morgan fingerprint density at radius 3 is 2.68 bits per heavy atom. The van der Waals surface area contributed by atoms with Crippen molar-refractivity contribution in [3.8, 4) is 0 Å². The van der Waals surface area contributed by atoms with E-state index in [1.165, 1.54) is 16.0 Å². The number of benzene rings is 1. The van der Waals surface area contributed by atoms with Gasteiger partial charge in [-0.3, -0.25) is 9.80 Å². The fourth-order valence-electron chi connectivity index (χ4n) is 2.38. The molecule has 2 aliphatic rings. The van der Waals surface area contributed by atoms with Crippen LogP contribution in [-0.2, 0) is 19.4 Å². The van der Waals surface area contributed by atoms with Gasteiger partial charge in [-0.2, -0.15) is 5.10 Å². The molecular formula is C13H14ClN3O4S. The molecule has 0 aliphatic carbocycles. The first kappa shape index (κ1) is 15.3. The quantitative estimate of drug-likeness (QED) is 0.751. The number of sulfone groups is 1. The van der Waals surface area contributed by atoms with Crippen LogP contribution < -0.4 is 5.01 Å². The number of amides is 1. The highest BCUT2D eigenvalue weighted by atomic mass is 35.5. The third kappa shape index (κ3) is 2.47. The van der Waals surface area contributed by atoms with Gasteiger partial charge in [0, 0.05) is 25.2 Å². The molecule has 2 heterocycles. The van der Waals surface area contributed by atoms with Crippen molar-refractivity contribution < 1.29 is 17.9 Å². The van der Waals surface area contributed by atoms with Crippen LogP contribution in [0.3, 0.4) is 0 Å². The van der Waals surface area contributed by atoms with Crippen LogP contribution in [0.5, 0.6) is 0 Å². The number of anilines is 1. The van der Waals surface area contributed by atoms with E-state index in [9.17, 15) is 13.2 Å². The summed E-state index contributed by atoms with van der Waals surface area (Å²) < 4.78 is 30.6. The monoisotopic (exact) mass is 343 g/mol. The van der Waals surface area contributed by atoms with Crippen LogP contribution >= 0.6 is 11.6 Å². The molecule has 9 heteroatoms. The van der Waals surface area contributed by atoms with Crippen LogP contribution in [-0.4, -0.2) is 57.6 Å². The summed E-state index contributed by atoms with van der Waals surface area (Å²) in [4.78, 5) is 13.9. The van der Waals surface area contributed by atoms with Gasteiger partial charge in [-0.05, 0) is 18.2 Å². The molecule has 3 rings (SSSR count). The Morgan fingerprint density at radius 1 is 1.32 bits per heavy atom. The maximum Gasteiger partial charge on any atom is 0.286 e. The molecule has 0 unspecified atom stereocenters. The number of morpholine rings is 1. The maximum absolute atomic E-state index is 12.7. The number of rotatable bonds is 1. The van der Waals surface area contributed by atoms with Gasteiger partial charge < -0.3 is 9.64 Å². The van der Waals surface area contributed by atoms with Crippen molar-refractivity contribution >= 4 is 38.1 Å². The molecule has 0 aromatic heterocycles. The lowest BCUT2D eigenvalue weighted by atomic mass is 10.3. The number of hydrazone groups is 1. The summed E-state index contributed by atoms with van der Waals surface area (Å²) in [6.45, 7) is 1.47. The van der Waals surface area contributed by atoms with Gasteiger partial charge in [-0.15, -0.1) is 0 Å². The van der Waals surface area contributed by atoms with E-state index in [0.717, 1.165) is 0 Å². The topological polar surface area (TPSA) is 79.3 Å².